The zero-order valence-electron chi connectivity index (χ0n) is 13.2. The Morgan fingerprint density at radius 1 is 1.38 bits per heavy atom. The van der Waals surface area contributed by atoms with Gasteiger partial charge in [0, 0.05) is 12.6 Å². The minimum Gasteiger partial charge on any atom is -0.395 e. The third-order valence-electron chi connectivity index (χ3n) is 3.04. The van der Waals surface area contributed by atoms with E-state index in [9.17, 15) is 9.59 Å². The average Bonchev–Trinajstić information content (AvgIpc) is 2.76. The van der Waals surface area contributed by atoms with Crippen molar-refractivity contribution in [2.75, 3.05) is 18.8 Å². The van der Waals surface area contributed by atoms with E-state index in [0.29, 0.717) is 12.2 Å². The van der Waals surface area contributed by atoms with Crippen LogP contribution in [0, 0.1) is 0 Å². The first-order valence-electron chi connectivity index (χ1n) is 7.31. The monoisotopic (exact) mass is 295 g/mol. The maximum absolute atomic E-state index is 12.4. The molecule has 0 fully saturated rings. The second kappa shape index (κ2) is 7.66. The molecule has 21 heavy (non-hydrogen) atoms. The number of aromatic amines is 1. The van der Waals surface area contributed by atoms with Crippen molar-refractivity contribution in [1.82, 2.24) is 20.4 Å². The van der Waals surface area contributed by atoms with Crippen LogP contribution in [0.3, 0.4) is 0 Å². The van der Waals surface area contributed by atoms with Gasteiger partial charge in [-0.25, -0.2) is 0 Å². The zero-order chi connectivity index (χ0) is 16.0. The molecule has 0 radical (unpaired) electrons. The van der Waals surface area contributed by atoms with Crippen molar-refractivity contribution in [3.63, 3.8) is 0 Å². The summed E-state index contributed by atoms with van der Waals surface area (Å²) >= 11 is 0. The van der Waals surface area contributed by atoms with Crippen LogP contribution in [-0.4, -0.2) is 46.0 Å². The smallest absolute Gasteiger partial charge is 0.276 e. The van der Waals surface area contributed by atoms with E-state index in [4.69, 9.17) is 5.73 Å². The standard InChI is InChI=1S/C14H25N5O2/c1-5-7-10-12(15)13(18-17-10)14(21)19(6-2)8-11(20)16-9(3)4/h9H,5-8,15H2,1-4H3,(H,16,20)(H,17,18). The fraction of sp³-hybridized carbons (Fsp3) is 0.643. The topological polar surface area (TPSA) is 104 Å². The van der Waals surface area contributed by atoms with Crippen LogP contribution in [0.15, 0.2) is 0 Å². The fourth-order valence-electron chi connectivity index (χ4n) is 2.01. The summed E-state index contributed by atoms with van der Waals surface area (Å²) in [6.45, 7) is 8.01. The number of carbonyl (C=O) groups is 2. The van der Waals surface area contributed by atoms with Crippen LogP contribution in [0.4, 0.5) is 5.69 Å². The Morgan fingerprint density at radius 3 is 2.57 bits per heavy atom. The molecule has 1 rings (SSSR count). The molecule has 0 aromatic carbocycles. The molecule has 0 spiro atoms. The SMILES string of the molecule is CCCc1[nH]nc(C(=O)N(CC)CC(=O)NC(C)C)c1N. The van der Waals surface area contributed by atoms with Crippen molar-refractivity contribution in [2.45, 2.75) is 46.6 Å². The summed E-state index contributed by atoms with van der Waals surface area (Å²) in [6, 6.07) is 0.0397. The van der Waals surface area contributed by atoms with E-state index in [2.05, 4.69) is 15.5 Å². The van der Waals surface area contributed by atoms with Crippen LogP contribution in [-0.2, 0) is 11.2 Å². The third kappa shape index (κ3) is 4.47. The maximum atomic E-state index is 12.4. The van der Waals surface area contributed by atoms with E-state index in [1.807, 2.05) is 27.7 Å². The van der Waals surface area contributed by atoms with E-state index in [-0.39, 0.29) is 30.1 Å². The number of amides is 2. The summed E-state index contributed by atoms with van der Waals surface area (Å²) in [4.78, 5) is 25.6. The lowest BCUT2D eigenvalue weighted by Gasteiger charge is -2.20. The van der Waals surface area contributed by atoms with Gasteiger partial charge in [0.05, 0.1) is 17.9 Å². The zero-order valence-corrected chi connectivity index (χ0v) is 13.2. The van der Waals surface area contributed by atoms with Crippen LogP contribution in [0.2, 0.25) is 0 Å². The van der Waals surface area contributed by atoms with Crippen molar-refractivity contribution < 1.29 is 9.59 Å². The lowest BCUT2D eigenvalue weighted by molar-refractivity contribution is -0.122. The quantitative estimate of drug-likeness (QED) is 0.696. The molecule has 118 valence electrons. The first-order chi connectivity index (χ1) is 9.90. The van der Waals surface area contributed by atoms with Gasteiger partial charge in [-0.1, -0.05) is 13.3 Å². The molecule has 0 aliphatic rings. The highest BCUT2D eigenvalue weighted by molar-refractivity contribution is 5.99. The second-order valence-corrected chi connectivity index (χ2v) is 5.26. The van der Waals surface area contributed by atoms with Gasteiger partial charge in [0.1, 0.15) is 0 Å². The highest BCUT2D eigenvalue weighted by Crippen LogP contribution is 2.17. The average molecular weight is 295 g/mol. The number of nitrogen functional groups attached to an aromatic ring is 1. The van der Waals surface area contributed by atoms with E-state index in [0.717, 1.165) is 18.5 Å². The van der Waals surface area contributed by atoms with Crippen molar-refractivity contribution in [2.24, 2.45) is 0 Å². The normalized spacial score (nSPS) is 10.7. The van der Waals surface area contributed by atoms with E-state index in [1.165, 1.54) is 4.90 Å². The molecule has 0 atom stereocenters. The molecule has 0 bridgehead atoms. The van der Waals surface area contributed by atoms with Gasteiger partial charge < -0.3 is 16.0 Å². The Bertz CT molecular complexity index is 496. The van der Waals surface area contributed by atoms with Gasteiger partial charge in [0.2, 0.25) is 5.91 Å². The van der Waals surface area contributed by atoms with Crippen molar-refractivity contribution in [3.8, 4) is 0 Å². The molecule has 0 saturated heterocycles. The van der Waals surface area contributed by atoms with Gasteiger partial charge in [-0.05, 0) is 27.2 Å². The number of H-pyrrole nitrogens is 1. The van der Waals surface area contributed by atoms with Gasteiger partial charge in [0.15, 0.2) is 5.69 Å². The molecular weight excluding hydrogens is 270 g/mol. The third-order valence-corrected chi connectivity index (χ3v) is 3.04. The molecule has 4 N–H and O–H groups in total. The number of rotatable bonds is 7. The molecule has 2 amide bonds. The first kappa shape index (κ1) is 17.0. The summed E-state index contributed by atoms with van der Waals surface area (Å²) in [5.41, 5.74) is 7.29. The highest BCUT2D eigenvalue weighted by atomic mass is 16.2. The molecule has 1 aromatic rings. The van der Waals surface area contributed by atoms with Gasteiger partial charge in [-0.2, -0.15) is 5.10 Å². The summed E-state index contributed by atoms with van der Waals surface area (Å²) in [5, 5.41) is 9.56. The van der Waals surface area contributed by atoms with Crippen LogP contribution >= 0.6 is 0 Å². The fourth-order valence-corrected chi connectivity index (χ4v) is 2.01. The molecule has 1 heterocycles. The number of aryl methyl sites for hydroxylation is 1. The number of likely N-dealkylation sites (N-methyl/N-ethyl adjacent to an activating group) is 1. The second-order valence-electron chi connectivity index (χ2n) is 5.26. The summed E-state index contributed by atoms with van der Waals surface area (Å²) in [7, 11) is 0. The molecule has 0 aliphatic carbocycles. The van der Waals surface area contributed by atoms with Crippen molar-refractivity contribution in [1.29, 1.82) is 0 Å². The number of hydrogen-bond acceptors (Lipinski definition) is 4. The first-order valence-corrected chi connectivity index (χ1v) is 7.31. The number of hydrogen-bond donors (Lipinski definition) is 3. The largest absolute Gasteiger partial charge is 0.395 e. The minimum atomic E-state index is -0.326. The number of nitrogens with two attached hydrogens (primary N) is 1. The van der Waals surface area contributed by atoms with E-state index in [1.54, 1.807) is 0 Å². The summed E-state index contributed by atoms with van der Waals surface area (Å²) in [6.07, 6.45) is 1.65. The lowest BCUT2D eigenvalue weighted by atomic mass is 10.2. The van der Waals surface area contributed by atoms with Crippen LogP contribution in [0.1, 0.15) is 50.3 Å². The number of nitrogens with zero attached hydrogens (tertiary/aromatic N) is 2. The molecular formula is C14H25N5O2. The lowest BCUT2D eigenvalue weighted by Crippen LogP contribution is -2.42. The predicted octanol–water partition coefficient (Wildman–Crippen LogP) is 0.931. The van der Waals surface area contributed by atoms with Gasteiger partial charge in [-0.3, -0.25) is 14.7 Å². The number of carbonyl (C=O) groups excluding carboxylic acids is 2. The summed E-state index contributed by atoms with van der Waals surface area (Å²) < 4.78 is 0. The Kier molecular flexibility index (Phi) is 6.20. The van der Waals surface area contributed by atoms with Crippen LogP contribution in [0.5, 0.6) is 0 Å². The molecule has 1 aromatic heterocycles. The number of anilines is 1. The van der Waals surface area contributed by atoms with Crippen molar-refractivity contribution >= 4 is 17.5 Å². The highest BCUT2D eigenvalue weighted by Gasteiger charge is 2.23. The van der Waals surface area contributed by atoms with E-state index < -0.39 is 0 Å². The number of aromatic nitrogens is 2. The maximum Gasteiger partial charge on any atom is 0.276 e. The Morgan fingerprint density at radius 2 is 2.05 bits per heavy atom. The van der Waals surface area contributed by atoms with Gasteiger partial charge >= 0.3 is 0 Å². The predicted molar refractivity (Wildman–Crippen MR) is 81.9 cm³/mol. The Balaban J connectivity index is 2.81. The molecule has 0 saturated carbocycles. The Hall–Kier alpha value is -2.05. The Labute approximate surface area is 125 Å². The molecule has 0 aliphatic heterocycles. The minimum absolute atomic E-state index is 0.00290. The van der Waals surface area contributed by atoms with Crippen LogP contribution in [0.25, 0.3) is 0 Å². The van der Waals surface area contributed by atoms with E-state index >= 15 is 0 Å². The van der Waals surface area contributed by atoms with Gasteiger partial charge in [0.25, 0.3) is 5.91 Å². The van der Waals surface area contributed by atoms with Gasteiger partial charge in [-0.15, -0.1) is 0 Å². The molecule has 0 unspecified atom stereocenters. The van der Waals surface area contributed by atoms with Crippen LogP contribution < -0.4 is 11.1 Å². The summed E-state index contributed by atoms with van der Waals surface area (Å²) in [5.74, 6) is -0.518. The molecule has 7 nitrogen and oxygen atoms in total. The number of nitrogens with one attached hydrogen (secondary N) is 2. The van der Waals surface area contributed by atoms with Crippen molar-refractivity contribution in [3.05, 3.63) is 11.4 Å². The molecule has 7 heteroatoms.